The van der Waals surface area contributed by atoms with Gasteiger partial charge in [0, 0.05) is 6.20 Å². The number of aromatic amines is 1. The Bertz CT molecular complexity index is 459. The molecule has 0 aliphatic carbocycles. The van der Waals surface area contributed by atoms with Crippen molar-refractivity contribution in [2.45, 2.75) is 5.88 Å². The van der Waals surface area contributed by atoms with Crippen molar-refractivity contribution in [2.24, 2.45) is 0 Å². The van der Waals surface area contributed by atoms with E-state index in [4.69, 9.17) is 0 Å². The van der Waals surface area contributed by atoms with Crippen molar-refractivity contribution >= 4 is 23.8 Å². The number of pyridine rings is 1. The average molecular weight is 181 g/mol. The van der Waals surface area contributed by atoms with Crippen LogP contribution in [0, 0.1) is 0 Å². The first-order valence-electron chi connectivity index (χ1n) is 3.47. The molecule has 0 aliphatic heterocycles. The summed E-state index contributed by atoms with van der Waals surface area (Å²) in [4.78, 5) is 17.9. The van der Waals surface area contributed by atoms with Crippen LogP contribution in [0.4, 0.5) is 0 Å². The van der Waals surface area contributed by atoms with Gasteiger partial charge >= 0.3 is 5.69 Å². The quantitative estimate of drug-likeness (QED) is 0.633. The second-order valence-electron chi connectivity index (χ2n) is 2.37. The summed E-state index contributed by atoms with van der Waals surface area (Å²) in [6.07, 6.45) is 1.65. The van der Waals surface area contributed by atoms with Gasteiger partial charge in [0.2, 0.25) is 0 Å². The summed E-state index contributed by atoms with van der Waals surface area (Å²) in [5.41, 5.74) is 1.23. The third-order valence-corrected chi connectivity index (χ3v) is 1.95. The molecular formula is C7H7N3OS. The number of thiol groups is 1. The predicted octanol–water partition coefficient (Wildman–Crippen LogP) is 0.612. The lowest BCUT2D eigenvalue weighted by Gasteiger charge is -1.93. The van der Waals surface area contributed by atoms with Crippen molar-refractivity contribution in [1.29, 1.82) is 0 Å². The SMILES string of the molecule is O=c1[nH]c2cccnc2n1CS. The third-order valence-electron chi connectivity index (χ3n) is 1.67. The molecule has 2 heterocycles. The summed E-state index contributed by atoms with van der Waals surface area (Å²) in [5.74, 6) is 0.343. The van der Waals surface area contributed by atoms with Crippen LogP contribution in [0.25, 0.3) is 11.2 Å². The minimum absolute atomic E-state index is 0.168. The Morgan fingerprint density at radius 2 is 2.50 bits per heavy atom. The summed E-state index contributed by atoms with van der Waals surface area (Å²) < 4.78 is 1.47. The first-order valence-corrected chi connectivity index (χ1v) is 4.10. The number of rotatable bonds is 1. The fourth-order valence-electron chi connectivity index (χ4n) is 1.12. The van der Waals surface area contributed by atoms with Gasteiger partial charge in [0.05, 0.1) is 11.4 Å². The highest BCUT2D eigenvalue weighted by atomic mass is 32.1. The molecule has 5 heteroatoms. The molecule has 1 N–H and O–H groups in total. The number of fused-ring (bicyclic) bond motifs is 1. The molecule has 2 rings (SSSR count). The maximum atomic E-state index is 11.2. The zero-order chi connectivity index (χ0) is 8.55. The molecule has 0 fully saturated rings. The third kappa shape index (κ3) is 0.937. The minimum atomic E-state index is -0.168. The summed E-state index contributed by atoms with van der Waals surface area (Å²) in [7, 11) is 0. The molecule has 2 aromatic rings. The molecule has 0 aliphatic rings. The minimum Gasteiger partial charge on any atom is -0.304 e. The molecule has 2 aromatic heterocycles. The second kappa shape index (κ2) is 2.67. The number of aromatic nitrogens is 3. The van der Waals surface area contributed by atoms with Crippen LogP contribution < -0.4 is 5.69 Å². The lowest BCUT2D eigenvalue weighted by molar-refractivity contribution is 0.863. The molecule has 0 saturated heterocycles. The maximum Gasteiger partial charge on any atom is 0.328 e. The van der Waals surface area contributed by atoms with Crippen molar-refractivity contribution < 1.29 is 0 Å². The first-order chi connectivity index (χ1) is 5.83. The molecule has 0 spiro atoms. The highest BCUT2D eigenvalue weighted by Gasteiger charge is 2.03. The summed E-state index contributed by atoms with van der Waals surface area (Å²) in [5, 5.41) is 0. The number of nitrogens with zero attached hydrogens (tertiary/aromatic N) is 2. The van der Waals surface area contributed by atoms with E-state index in [1.807, 2.05) is 6.07 Å². The Morgan fingerprint density at radius 1 is 1.67 bits per heavy atom. The van der Waals surface area contributed by atoms with Crippen LogP contribution in [-0.4, -0.2) is 14.5 Å². The molecule has 12 heavy (non-hydrogen) atoms. The summed E-state index contributed by atoms with van der Waals surface area (Å²) >= 11 is 4.02. The topological polar surface area (TPSA) is 50.7 Å². The van der Waals surface area contributed by atoms with Gasteiger partial charge in [-0.15, -0.1) is 0 Å². The van der Waals surface area contributed by atoms with Crippen LogP contribution in [0.5, 0.6) is 0 Å². The van der Waals surface area contributed by atoms with E-state index in [1.165, 1.54) is 4.57 Å². The molecule has 0 unspecified atom stereocenters. The van der Waals surface area contributed by atoms with Crippen LogP contribution in [0.2, 0.25) is 0 Å². The Hall–Kier alpha value is -1.23. The largest absolute Gasteiger partial charge is 0.328 e. The zero-order valence-electron chi connectivity index (χ0n) is 6.19. The highest BCUT2D eigenvalue weighted by Crippen LogP contribution is 2.05. The average Bonchev–Trinajstić information content (AvgIpc) is 2.40. The van der Waals surface area contributed by atoms with Crippen LogP contribution in [0.1, 0.15) is 0 Å². The highest BCUT2D eigenvalue weighted by molar-refractivity contribution is 7.79. The standard InChI is InChI=1S/C7H7N3OS/c11-7-9-5-2-1-3-8-6(5)10(7)4-12/h1-3,12H,4H2,(H,9,11). The molecule has 0 amide bonds. The lowest BCUT2D eigenvalue weighted by atomic mass is 10.4. The Balaban J connectivity index is 2.91. The van der Waals surface area contributed by atoms with Crippen molar-refractivity contribution in [1.82, 2.24) is 14.5 Å². The van der Waals surface area contributed by atoms with Crippen LogP contribution >= 0.6 is 12.6 Å². The maximum absolute atomic E-state index is 11.2. The van der Waals surface area contributed by atoms with Gasteiger partial charge < -0.3 is 4.98 Å². The number of hydrogen-bond acceptors (Lipinski definition) is 3. The Morgan fingerprint density at radius 3 is 3.25 bits per heavy atom. The number of nitrogens with one attached hydrogen (secondary N) is 1. The molecule has 0 atom stereocenters. The monoisotopic (exact) mass is 181 g/mol. The summed E-state index contributed by atoms with van der Waals surface area (Å²) in [6.45, 7) is 0. The van der Waals surface area contributed by atoms with Crippen molar-refractivity contribution in [3.63, 3.8) is 0 Å². The van der Waals surface area contributed by atoms with E-state index in [1.54, 1.807) is 12.3 Å². The van der Waals surface area contributed by atoms with Gasteiger partial charge in [0.15, 0.2) is 5.65 Å². The van der Waals surface area contributed by atoms with E-state index in [-0.39, 0.29) is 5.69 Å². The zero-order valence-corrected chi connectivity index (χ0v) is 7.08. The Kier molecular flexibility index (Phi) is 1.65. The Labute approximate surface area is 73.7 Å². The van der Waals surface area contributed by atoms with Gasteiger partial charge in [0.25, 0.3) is 0 Å². The van der Waals surface area contributed by atoms with Crippen molar-refractivity contribution in [3.05, 3.63) is 28.8 Å². The van der Waals surface area contributed by atoms with E-state index in [0.29, 0.717) is 11.5 Å². The van der Waals surface area contributed by atoms with Crippen LogP contribution in [0.3, 0.4) is 0 Å². The molecule has 4 nitrogen and oxygen atoms in total. The van der Waals surface area contributed by atoms with Gasteiger partial charge in [-0.05, 0) is 12.1 Å². The molecule has 0 radical (unpaired) electrons. The van der Waals surface area contributed by atoms with Gasteiger partial charge in [-0.2, -0.15) is 12.6 Å². The van der Waals surface area contributed by atoms with E-state index < -0.39 is 0 Å². The lowest BCUT2D eigenvalue weighted by Crippen LogP contribution is -2.14. The summed E-state index contributed by atoms with van der Waals surface area (Å²) in [6, 6.07) is 3.59. The van der Waals surface area contributed by atoms with Gasteiger partial charge in [-0.3, -0.25) is 4.57 Å². The predicted molar refractivity (Wildman–Crippen MR) is 49.3 cm³/mol. The molecule has 0 bridgehead atoms. The molecule has 0 saturated carbocycles. The van der Waals surface area contributed by atoms with Crippen molar-refractivity contribution in [3.8, 4) is 0 Å². The number of hydrogen-bond donors (Lipinski definition) is 2. The van der Waals surface area contributed by atoms with Crippen molar-refractivity contribution in [2.75, 3.05) is 0 Å². The van der Waals surface area contributed by atoms with E-state index in [9.17, 15) is 4.79 Å². The fourth-order valence-corrected chi connectivity index (χ4v) is 1.38. The number of imidazole rings is 1. The van der Waals surface area contributed by atoms with Crippen LogP contribution in [0.15, 0.2) is 23.1 Å². The van der Waals surface area contributed by atoms with Crippen LogP contribution in [-0.2, 0) is 5.88 Å². The van der Waals surface area contributed by atoms with E-state index in [2.05, 4.69) is 22.6 Å². The number of H-pyrrole nitrogens is 1. The molecule has 62 valence electrons. The van der Waals surface area contributed by atoms with E-state index in [0.717, 1.165) is 5.52 Å². The van der Waals surface area contributed by atoms with Gasteiger partial charge in [-0.1, -0.05) is 0 Å². The second-order valence-corrected chi connectivity index (χ2v) is 2.66. The fraction of sp³-hybridized carbons (Fsp3) is 0.143. The van der Waals surface area contributed by atoms with Gasteiger partial charge in [-0.25, -0.2) is 9.78 Å². The first kappa shape index (κ1) is 7.42. The van der Waals surface area contributed by atoms with E-state index >= 15 is 0 Å². The normalized spacial score (nSPS) is 10.8. The van der Waals surface area contributed by atoms with Gasteiger partial charge in [0.1, 0.15) is 0 Å². The molecule has 0 aromatic carbocycles. The smallest absolute Gasteiger partial charge is 0.304 e. The molecular weight excluding hydrogens is 174 g/mol.